The SMILES string of the molecule is O=C(Nc1nc2ccc([N+](=O)[O-])cc2s1)C1CCCCN1S(=O)(=O)c1cccs1. The largest absolute Gasteiger partial charge is 0.301 e. The highest BCUT2D eigenvalue weighted by atomic mass is 32.2. The van der Waals surface area contributed by atoms with Crippen LogP contribution in [0.25, 0.3) is 10.2 Å². The Bertz CT molecular complexity index is 1170. The maximum absolute atomic E-state index is 12.9. The van der Waals surface area contributed by atoms with Crippen LogP contribution in [0.3, 0.4) is 0 Å². The molecule has 1 saturated heterocycles. The molecule has 2 aromatic heterocycles. The number of nitrogens with one attached hydrogen (secondary N) is 1. The number of benzene rings is 1. The van der Waals surface area contributed by atoms with Gasteiger partial charge in [-0.05, 0) is 30.4 Å². The number of fused-ring (bicyclic) bond motifs is 1. The van der Waals surface area contributed by atoms with E-state index < -0.39 is 26.9 Å². The fourth-order valence-corrected chi connectivity index (χ4v) is 6.93. The van der Waals surface area contributed by atoms with E-state index >= 15 is 0 Å². The quantitative estimate of drug-likeness (QED) is 0.467. The van der Waals surface area contributed by atoms with E-state index in [-0.39, 0.29) is 21.6 Å². The first-order chi connectivity index (χ1) is 13.9. The predicted molar refractivity (Wildman–Crippen MR) is 111 cm³/mol. The number of nitro groups is 1. The van der Waals surface area contributed by atoms with Crippen LogP contribution in [0.1, 0.15) is 19.3 Å². The van der Waals surface area contributed by atoms with Crippen LogP contribution >= 0.6 is 22.7 Å². The lowest BCUT2D eigenvalue weighted by Crippen LogP contribution is -2.49. The number of non-ortho nitro benzene ring substituents is 1. The average molecular weight is 453 g/mol. The third-order valence-corrected chi connectivity index (χ3v) is 8.84. The monoisotopic (exact) mass is 452 g/mol. The molecule has 4 rings (SSSR count). The first-order valence-electron chi connectivity index (χ1n) is 8.77. The van der Waals surface area contributed by atoms with E-state index in [0.717, 1.165) is 29.1 Å². The number of nitro benzene ring substituents is 1. The van der Waals surface area contributed by atoms with Gasteiger partial charge in [0.25, 0.3) is 15.7 Å². The van der Waals surface area contributed by atoms with Crippen molar-refractivity contribution in [2.45, 2.75) is 29.5 Å². The van der Waals surface area contributed by atoms with Gasteiger partial charge in [-0.3, -0.25) is 14.9 Å². The van der Waals surface area contributed by atoms with Crippen molar-refractivity contribution >= 4 is 59.6 Å². The number of thiophene rings is 1. The summed E-state index contributed by atoms with van der Waals surface area (Å²) in [6.45, 7) is 0.282. The Balaban J connectivity index is 1.58. The van der Waals surface area contributed by atoms with Crippen LogP contribution in [0.2, 0.25) is 0 Å². The van der Waals surface area contributed by atoms with E-state index in [2.05, 4.69) is 10.3 Å². The molecular formula is C17H16N4O5S3. The molecule has 3 aromatic rings. The van der Waals surface area contributed by atoms with Crippen LogP contribution in [0.15, 0.2) is 39.9 Å². The highest BCUT2D eigenvalue weighted by Gasteiger charge is 2.38. The maximum Gasteiger partial charge on any atom is 0.270 e. The molecule has 0 radical (unpaired) electrons. The van der Waals surface area contributed by atoms with Crippen molar-refractivity contribution in [3.63, 3.8) is 0 Å². The number of hydrogen-bond donors (Lipinski definition) is 1. The number of aromatic nitrogens is 1. The fourth-order valence-electron chi connectivity index (χ4n) is 3.25. The van der Waals surface area contributed by atoms with E-state index in [1.54, 1.807) is 11.4 Å². The van der Waals surface area contributed by atoms with Crippen LogP contribution < -0.4 is 5.32 Å². The van der Waals surface area contributed by atoms with E-state index in [1.807, 2.05) is 0 Å². The van der Waals surface area contributed by atoms with Crippen LogP contribution in [-0.2, 0) is 14.8 Å². The molecule has 1 fully saturated rings. The summed E-state index contributed by atoms with van der Waals surface area (Å²) in [4.78, 5) is 27.6. The molecule has 1 amide bonds. The topological polar surface area (TPSA) is 123 Å². The van der Waals surface area contributed by atoms with Gasteiger partial charge >= 0.3 is 0 Å². The minimum atomic E-state index is -3.75. The molecule has 0 saturated carbocycles. The number of carbonyl (C=O) groups is 1. The number of amides is 1. The number of anilines is 1. The zero-order valence-corrected chi connectivity index (χ0v) is 17.4. The molecule has 3 heterocycles. The Kier molecular flexibility index (Phi) is 5.34. The molecule has 0 aliphatic carbocycles. The number of sulfonamides is 1. The van der Waals surface area contributed by atoms with E-state index in [9.17, 15) is 23.3 Å². The molecule has 152 valence electrons. The standard InChI is InChI=1S/C17H16N4O5S3/c22-16(19-17-18-12-7-6-11(21(23)24)10-14(12)28-17)13-4-1-2-8-20(13)29(25,26)15-5-3-9-27-15/h3,5-7,9-10,13H,1-2,4,8H2,(H,18,19,22). The second kappa shape index (κ2) is 7.78. The molecule has 1 aliphatic heterocycles. The van der Waals surface area contributed by atoms with Gasteiger partial charge in [-0.1, -0.05) is 23.8 Å². The molecule has 12 heteroatoms. The Morgan fingerprint density at radius 1 is 1.31 bits per heavy atom. The number of nitrogens with zero attached hydrogens (tertiary/aromatic N) is 3. The Morgan fingerprint density at radius 2 is 2.14 bits per heavy atom. The molecular weight excluding hydrogens is 436 g/mol. The van der Waals surface area contributed by atoms with Crippen molar-refractivity contribution in [2.75, 3.05) is 11.9 Å². The number of rotatable bonds is 5. The molecule has 29 heavy (non-hydrogen) atoms. The minimum Gasteiger partial charge on any atom is -0.301 e. The molecule has 1 atom stereocenters. The van der Waals surface area contributed by atoms with Crippen LogP contribution in [0.4, 0.5) is 10.8 Å². The van der Waals surface area contributed by atoms with Gasteiger partial charge in [-0.15, -0.1) is 11.3 Å². The number of piperidine rings is 1. The normalized spacial score (nSPS) is 18.0. The van der Waals surface area contributed by atoms with Crippen molar-refractivity contribution in [3.8, 4) is 0 Å². The number of hydrogen-bond acceptors (Lipinski definition) is 8. The lowest BCUT2D eigenvalue weighted by atomic mass is 10.0. The Morgan fingerprint density at radius 3 is 2.86 bits per heavy atom. The van der Waals surface area contributed by atoms with Gasteiger partial charge in [0.15, 0.2) is 5.13 Å². The summed E-state index contributed by atoms with van der Waals surface area (Å²) in [5.41, 5.74) is 0.474. The van der Waals surface area contributed by atoms with Crippen molar-refractivity contribution in [1.29, 1.82) is 0 Å². The van der Waals surface area contributed by atoms with Crippen molar-refractivity contribution in [2.24, 2.45) is 0 Å². The minimum absolute atomic E-state index is 0.0560. The van der Waals surface area contributed by atoms with Gasteiger partial charge in [-0.25, -0.2) is 13.4 Å². The summed E-state index contributed by atoms with van der Waals surface area (Å²) < 4.78 is 27.9. The molecule has 1 unspecified atom stereocenters. The van der Waals surface area contributed by atoms with Crippen molar-refractivity contribution in [3.05, 3.63) is 45.8 Å². The molecule has 1 N–H and O–H groups in total. The highest BCUT2D eigenvalue weighted by Crippen LogP contribution is 2.31. The molecule has 9 nitrogen and oxygen atoms in total. The first kappa shape index (κ1) is 19.9. The van der Waals surface area contributed by atoms with Crippen molar-refractivity contribution < 1.29 is 18.1 Å². The lowest BCUT2D eigenvalue weighted by molar-refractivity contribution is -0.384. The van der Waals surface area contributed by atoms with Crippen LogP contribution in [-0.4, -0.2) is 41.1 Å². The zero-order chi connectivity index (χ0) is 20.6. The Labute approximate surface area is 174 Å². The van der Waals surface area contributed by atoms with Crippen molar-refractivity contribution in [1.82, 2.24) is 9.29 Å². The Hall–Kier alpha value is -2.41. The second-order valence-electron chi connectivity index (χ2n) is 6.48. The summed E-state index contributed by atoms with van der Waals surface area (Å²) in [6, 6.07) is 6.65. The highest BCUT2D eigenvalue weighted by molar-refractivity contribution is 7.91. The van der Waals surface area contributed by atoms with E-state index in [0.29, 0.717) is 23.1 Å². The number of carbonyl (C=O) groups excluding carboxylic acids is 1. The molecule has 0 bridgehead atoms. The fraction of sp³-hybridized carbons (Fsp3) is 0.294. The third kappa shape index (κ3) is 3.88. The summed E-state index contributed by atoms with van der Waals surface area (Å²) in [7, 11) is -3.75. The van der Waals surface area contributed by atoms with Gasteiger partial charge in [0.05, 0.1) is 15.1 Å². The summed E-state index contributed by atoms with van der Waals surface area (Å²) in [6.07, 6.45) is 1.87. The first-order valence-corrected chi connectivity index (χ1v) is 11.9. The van der Waals surface area contributed by atoms with Gasteiger partial charge < -0.3 is 5.32 Å². The third-order valence-electron chi connectivity index (χ3n) is 4.63. The zero-order valence-electron chi connectivity index (χ0n) is 15.0. The van der Waals surface area contributed by atoms with Gasteiger partial charge in [0.1, 0.15) is 10.3 Å². The molecule has 1 aliphatic rings. The van der Waals surface area contributed by atoms with Crippen LogP contribution in [0, 0.1) is 10.1 Å². The maximum atomic E-state index is 12.9. The van der Waals surface area contributed by atoms with Gasteiger partial charge in [0.2, 0.25) is 5.91 Å². The molecule has 1 aromatic carbocycles. The summed E-state index contributed by atoms with van der Waals surface area (Å²) in [5.74, 6) is -0.446. The average Bonchev–Trinajstić information content (AvgIpc) is 3.37. The summed E-state index contributed by atoms with van der Waals surface area (Å²) >= 11 is 2.24. The van der Waals surface area contributed by atoms with E-state index in [1.165, 1.54) is 28.6 Å². The van der Waals surface area contributed by atoms with Gasteiger partial charge in [0, 0.05) is 18.7 Å². The number of thiazole rings is 1. The van der Waals surface area contributed by atoms with Crippen LogP contribution in [0.5, 0.6) is 0 Å². The smallest absolute Gasteiger partial charge is 0.270 e. The second-order valence-corrected chi connectivity index (χ2v) is 10.6. The summed E-state index contributed by atoms with van der Waals surface area (Å²) in [5, 5.41) is 15.6. The molecule has 0 spiro atoms. The van der Waals surface area contributed by atoms with Gasteiger partial charge in [-0.2, -0.15) is 4.31 Å². The van der Waals surface area contributed by atoms with E-state index in [4.69, 9.17) is 0 Å². The lowest BCUT2D eigenvalue weighted by Gasteiger charge is -2.32. The predicted octanol–water partition coefficient (Wildman–Crippen LogP) is 3.45.